The summed E-state index contributed by atoms with van der Waals surface area (Å²) in [5.41, 5.74) is -0.129. The first-order chi connectivity index (χ1) is 13.7. The molecule has 148 valence electrons. The summed E-state index contributed by atoms with van der Waals surface area (Å²) in [6.07, 6.45) is 0.834. The molecule has 0 fully saturated rings. The van der Waals surface area contributed by atoms with Crippen LogP contribution < -0.4 is 9.46 Å². The van der Waals surface area contributed by atoms with Gasteiger partial charge >= 0.3 is 0 Å². The van der Waals surface area contributed by atoms with E-state index < -0.39 is 33.2 Å². The van der Waals surface area contributed by atoms with Gasteiger partial charge in [0.05, 0.1) is 16.7 Å². The summed E-state index contributed by atoms with van der Waals surface area (Å²) in [7, 11) is -4.16. The molecule has 10 heteroatoms. The van der Waals surface area contributed by atoms with Crippen molar-refractivity contribution in [2.45, 2.75) is 11.8 Å². The summed E-state index contributed by atoms with van der Waals surface area (Å²) >= 11 is 0. The van der Waals surface area contributed by atoms with E-state index in [1.54, 1.807) is 6.07 Å². The van der Waals surface area contributed by atoms with Gasteiger partial charge in [-0.15, -0.1) is 0 Å². The van der Waals surface area contributed by atoms with Crippen molar-refractivity contribution < 1.29 is 26.3 Å². The average Bonchev–Trinajstić information content (AvgIpc) is 2.69. The fraction of sp³-hybridized carbons (Fsp3) is 0.0526. The van der Waals surface area contributed by atoms with Gasteiger partial charge in [0.1, 0.15) is 23.5 Å². The van der Waals surface area contributed by atoms with E-state index in [0.29, 0.717) is 0 Å². The van der Waals surface area contributed by atoms with Crippen LogP contribution in [0, 0.1) is 35.7 Å². The molecule has 0 saturated heterocycles. The number of halogens is 3. The normalized spacial score (nSPS) is 11.0. The lowest BCUT2D eigenvalue weighted by atomic mass is 10.2. The lowest BCUT2D eigenvalue weighted by molar-refractivity contribution is 0.404. The van der Waals surface area contributed by atoms with Gasteiger partial charge in [-0.2, -0.15) is 5.26 Å². The molecule has 3 rings (SSSR count). The van der Waals surface area contributed by atoms with Crippen molar-refractivity contribution in [1.29, 1.82) is 5.26 Å². The van der Waals surface area contributed by atoms with Gasteiger partial charge in [0.15, 0.2) is 17.4 Å². The van der Waals surface area contributed by atoms with Crippen LogP contribution in [0.2, 0.25) is 0 Å². The van der Waals surface area contributed by atoms with E-state index in [9.17, 15) is 26.9 Å². The van der Waals surface area contributed by atoms with Crippen molar-refractivity contribution in [1.82, 2.24) is 4.98 Å². The topological polar surface area (TPSA) is 92.1 Å². The Hall–Kier alpha value is -3.58. The molecular formula is C19H12F3N3O3S. The van der Waals surface area contributed by atoms with Crippen LogP contribution >= 0.6 is 0 Å². The van der Waals surface area contributed by atoms with Gasteiger partial charge in [-0.05, 0) is 48.9 Å². The number of sulfonamides is 1. The first-order valence-electron chi connectivity index (χ1n) is 8.02. The van der Waals surface area contributed by atoms with E-state index in [1.807, 2.05) is 0 Å². The Morgan fingerprint density at radius 2 is 1.86 bits per heavy atom. The number of nitrogens with one attached hydrogen (secondary N) is 1. The van der Waals surface area contributed by atoms with E-state index in [2.05, 4.69) is 9.71 Å². The maximum atomic E-state index is 14.1. The zero-order valence-electron chi connectivity index (χ0n) is 14.8. The second kappa shape index (κ2) is 7.81. The molecule has 0 bridgehead atoms. The van der Waals surface area contributed by atoms with Gasteiger partial charge in [-0.1, -0.05) is 6.07 Å². The lowest BCUT2D eigenvalue weighted by Crippen LogP contribution is -2.14. The number of rotatable bonds is 5. The first kappa shape index (κ1) is 20.2. The number of nitrogens with zero attached hydrogens (tertiary/aromatic N) is 2. The van der Waals surface area contributed by atoms with Gasteiger partial charge in [-0.25, -0.2) is 26.6 Å². The lowest BCUT2D eigenvalue weighted by Gasteiger charge is -2.12. The monoisotopic (exact) mass is 419 g/mol. The Balaban J connectivity index is 1.94. The molecule has 0 saturated carbocycles. The van der Waals surface area contributed by atoms with Crippen LogP contribution in [0.15, 0.2) is 53.6 Å². The predicted octanol–water partition coefficient (Wildman–Crippen LogP) is 4.27. The second-order valence-corrected chi connectivity index (χ2v) is 7.53. The molecule has 1 heterocycles. The maximum Gasteiger partial charge on any atom is 0.263 e. The second-order valence-electron chi connectivity index (χ2n) is 5.85. The number of hydrogen-bond donors (Lipinski definition) is 1. The molecule has 0 unspecified atom stereocenters. The molecule has 1 N–H and O–H groups in total. The molecule has 0 aliphatic carbocycles. The summed E-state index contributed by atoms with van der Waals surface area (Å²) in [4.78, 5) is 3.27. The van der Waals surface area contributed by atoms with Crippen LogP contribution in [0.5, 0.6) is 11.5 Å². The van der Waals surface area contributed by atoms with E-state index >= 15 is 0 Å². The molecule has 29 heavy (non-hydrogen) atoms. The molecule has 0 atom stereocenters. The molecule has 3 aromatic rings. The first-order valence-corrected chi connectivity index (χ1v) is 9.50. The summed E-state index contributed by atoms with van der Waals surface area (Å²) < 4.78 is 73.2. The minimum Gasteiger partial charge on any atom is -0.450 e. The molecule has 0 aliphatic heterocycles. The Morgan fingerprint density at radius 1 is 1.10 bits per heavy atom. The third-order valence-electron chi connectivity index (χ3n) is 3.80. The molecule has 2 aromatic carbocycles. The number of aromatic nitrogens is 1. The van der Waals surface area contributed by atoms with Gasteiger partial charge in [0.2, 0.25) is 0 Å². The van der Waals surface area contributed by atoms with Crippen molar-refractivity contribution in [2.75, 3.05) is 4.72 Å². The van der Waals surface area contributed by atoms with Crippen molar-refractivity contribution in [3.8, 4) is 17.6 Å². The highest BCUT2D eigenvalue weighted by Crippen LogP contribution is 2.32. The van der Waals surface area contributed by atoms with Crippen molar-refractivity contribution >= 4 is 15.8 Å². The van der Waals surface area contributed by atoms with Gasteiger partial charge in [0.25, 0.3) is 10.0 Å². The van der Waals surface area contributed by atoms with Gasteiger partial charge < -0.3 is 4.74 Å². The Morgan fingerprint density at radius 3 is 2.52 bits per heavy atom. The highest BCUT2D eigenvalue weighted by molar-refractivity contribution is 7.92. The van der Waals surface area contributed by atoms with Crippen LogP contribution in [0.25, 0.3) is 0 Å². The summed E-state index contributed by atoms with van der Waals surface area (Å²) in [6, 6.07) is 9.29. The average molecular weight is 419 g/mol. The summed E-state index contributed by atoms with van der Waals surface area (Å²) in [6.45, 7) is 1.41. The minimum atomic E-state index is -4.16. The number of hydrogen-bond acceptors (Lipinski definition) is 5. The minimum absolute atomic E-state index is 0.130. The fourth-order valence-electron chi connectivity index (χ4n) is 2.32. The molecule has 0 radical (unpaired) electrons. The number of aryl methyl sites for hydroxylation is 1. The SMILES string of the molecule is Cc1ccc(F)c(Oc2ccc(S(=O)(=O)Nc3ccc(F)cn3)cc2C#N)c1F. The van der Waals surface area contributed by atoms with Crippen LogP contribution in [0.3, 0.4) is 0 Å². The van der Waals surface area contributed by atoms with E-state index in [0.717, 1.165) is 42.6 Å². The summed E-state index contributed by atoms with van der Waals surface area (Å²) in [5, 5.41) is 9.31. The van der Waals surface area contributed by atoms with Crippen molar-refractivity contribution in [3.05, 3.63) is 77.2 Å². The van der Waals surface area contributed by atoms with E-state index in [4.69, 9.17) is 4.74 Å². The van der Waals surface area contributed by atoms with Crippen molar-refractivity contribution in [2.24, 2.45) is 0 Å². The van der Waals surface area contributed by atoms with Crippen LogP contribution in [-0.4, -0.2) is 13.4 Å². The van der Waals surface area contributed by atoms with Crippen molar-refractivity contribution in [3.63, 3.8) is 0 Å². The standard InChI is InChI=1S/C19H12F3N3O3S/c1-11-2-5-15(21)19(18(11)22)28-16-6-4-14(8-12(16)9-23)29(26,27)25-17-7-3-13(20)10-24-17/h2-8,10H,1H3,(H,24,25). The molecule has 0 aliphatic rings. The largest absolute Gasteiger partial charge is 0.450 e. The molecule has 0 amide bonds. The number of anilines is 1. The number of nitriles is 1. The van der Waals surface area contributed by atoms with E-state index in [1.165, 1.54) is 13.0 Å². The zero-order valence-corrected chi connectivity index (χ0v) is 15.6. The van der Waals surface area contributed by atoms with Crippen LogP contribution in [0.1, 0.15) is 11.1 Å². The Kier molecular flexibility index (Phi) is 5.43. The molecular weight excluding hydrogens is 407 g/mol. The Bertz CT molecular complexity index is 1220. The third-order valence-corrected chi connectivity index (χ3v) is 5.15. The zero-order chi connectivity index (χ0) is 21.2. The number of ether oxygens (including phenoxy) is 1. The molecule has 6 nitrogen and oxygen atoms in total. The smallest absolute Gasteiger partial charge is 0.263 e. The van der Waals surface area contributed by atoms with Gasteiger partial charge in [0, 0.05) is 0 Å². The molecule has 0 spiro atoms. The quantitative estimate of drug-likeness (QED) is 0.667. The highest BCUT2D eigenvalue weighted by atomic mass is 32.2. The Labute approximate surface area is 164 Å². The number of pyridine rings is 1. The molecule has 1 aromatic heterocycles. The maximum absolute atomic E-state index is 14.1. The predicted molar refractivity (Wildman–Crippen MR) is 97.3 cm³/mol. The third kappa shape index (κ3) is 4.30. The highest BCUT2D eigenvalue weighted by Gasteiger charge is 2.20. The fourth-order valence-corrected chi connectivity index (χ4v) is 3.35. The van der Waals surface area contributed by atoms with Crippen LogP contribution in [-0.2, 0) is 10.0 Å². The number of benzene rings is 2. The van der Waals surface area contributed by atoms with Gasteiger partial charge in [-0.3, -0.25) is 4.72 Å². The van der Waals surface area contributed by atoms with E-state index in [-0.39, 0.29) is 27.6 Å². The van der Waals surface area contributed by atoms with Crippen LogP contribution in [0.4, 0.5) is 19.0 Å². The summed E-state index contributed by atoms with van der Waals surface area (Å²) in [5.74, 6) is -3.61.